The molecule has 0 spiro atoms. The lowest BCUT2D eigenvalue weighted by Crippen LogP contribution is -2.39. The van der Waals surface area contributed by atoms with Crippen molar-refractivity contribution >= 4 is 17.3 Å². The van der Waals surface area contributed by atoms with Crippen LogP contribution in [0.25, 0.3) is 10.7 Å². The predicted octanol–water partition coefficient (Wildman–Crippen LogP) is 2.57. The summed E-state index contributed by atoms with van der Waals surface area (Å²) < 4.78 is 10.4. The quantitative estimate of drug-likeness (QED) is 0.788. The topological polar surface area (TPSA) is 68.5 Å². The molecule has 1 fully saturated rings. The Morgan fingerprint density at radius 2 is 2.50 bits per heavy atom. The number of carbonyl (C=O) groups excluding carboxylic acids is 1. The van der Waals surface area contributed by atoms with Crippen LogP contribution in [0.2, 0.25) is 0 Å². The van der Waals surface area contributed by atoms with Gasteiger partial charge < -0.3 is 9.26 Å². The molecule has 22 heavy (non-hydrogen) atoms. The van der Waals surface area contributed by atoms with Gasteiger partial charge in [0.2, 0.25) is 11.7 Å². The van der Waals surface area contributed by atoms with E-state index < -0.39 is 0 Å². The van der Waals surface area contributed by atoms with Crippen LogP contribution in [-0.2, 0) is 16.1 Å². The third kappa shape index (κ3) is 3.53. The number of ether oxygens (including phenoxy) is 1. The van der Waals surface area contributed by atoms with E-state index in [-0.39, 0.29) is 11.9 Å². The predicted molar refractivity (Wildman–Crippen MR) is 82.2 cm³/mol. The SMILES string of the molecule is CCOC(=O)[C@@H]1CCCN(Cc2nc(-c3cccs3)no2)C1. The zero-order chi connectivity index (χ0) is 15.4. The summed E-state index contributed by atoms with van der Waals surface area (Å²) in [7, 11) is 0. The Hall–Kier alpha value is -1.73. The highest BCUT2D eigenvalue weighted by atomic mass is 32.1. The molecule has 2 aromatic heterocycles. The number of thiophene rings is 1. The van der Waals surface area contributed by atoms with Gasteiger partial charge in [-0.25, -0.2) is 0 Å². The number of likely N-dealkylation sites (tertiary alicyclic amines) is 1. The monoisotopic (exact) mass is 321 g/mol. The third-order valence-electron chi connectivity index (χ3n) is 3.69. The van der Waals surface area contributed by atoms with E-state index in [9.17, 15) is 4.79 Å². The van der Waals surface area contributed by atoms with Gasteiger partial charge in [-0.2, -0.15) is 4.98 Å². The summed E-state index contributed by atoms with van der Waals surface area (Å²) in [6, 6.07) is 3.93. The molecule has 6 nitrogen and oxygen atoms in total. The first-order valence-corrected chi connectivity index (χ1v) is 8.39. The zero-order valence-electron chi connectivity index (χ0n) is 12.5. The molecule has 0 saturated carbocycles. The van der Waals surface area contributed by atoms with Crippen LogP contribution in [0.4, 0.5) is 0 Å². The van der Waals surface area contributed by atoms with Crippen LogP contribution in [-0.4, -0.2) is 40.7 Å². The van der Waals surface area contributed by atoms with Gasteiger partial charge in [0.25, 0.3) is 0 Å². The number of aromatic nitrogens is 2. The normalized spacial score (nSPS) is 19.2. The summed E-state index contributed by atoms with van der Waals surface area (Å²) >= 11 is 1.59. The Labute approximate surface area is 133 Å². The molecular formula is C15H19N3O3S. The van der Waals surface area contributed by atoms with Gasteiger partial charge in [0.05, 0.1) is 23.9 Å². The first kappa shape index (κ1) is 15.2. The van der Waals surface area contributed by atoms with Crippen molar-refractivity contribution in [1.82, 2.24) is 15.0 Å². The fourth-order valence-corrected chi connectivity index (χ4v) is 3.32. The van der Waals surface area contributed by atoms with Gasteiger partial charge in [-0.05, 0) is 37.8 Å². The van der Waals surface area contributed by atoms with Crippen molar-refractivity contribution in [3.63, 3.8) is 0 Å². The van der Waals surface area contributed by atoms with Gasteiger partial charge in [0.15, 0.2) is 0 Å². The van der Waals surface area contributed by atoms with Crippen molar-refractivity contribution in [2.24, 2.45) is 5.92 Å². The molecule has 0 radical (unpaired) electrons. The molecule has 118 valence electrons. The van der Waals surface area contributed by atoms with Gasteiger partial charge in [0, 0.05) is 6.54 Å². The fraction of sp³-hybridized carbons (Fsp3) is 0.533. The Morgan fingerprint density at radius 1 is 1.59 bits per heavy atom. The van der Waals surface area contributed by atoms with Gasteiger partial charge in [-0.1, -0.05) is 11.2 Å². The highest BCUT2D eigenvalue weighted by Gasteiger charge is 2.27. The summed E-state index contributed by atoms with van der Waals surface area (Å²) in [6.07, 6.45) is 1.87. The lowest BCUT2D eigenvalue weighted by molar-refractivity contribution is -0.150. The van der Waals surface area contributed by atoms with Crippen molar-refractivity contribution in [2.45, 2.75) is 26.3 Å². The van der Waals surface area contributed by atoms with E-state index >= 15 is 0 Å². The first-order chi connectivity index (χ1) is 10.8. The molecule has 7 heteroatoms. The smallest absolute Gasteiger partial charge is 0.310 e. The van der Waals surface area contributed by atoms with Crippen LogP contribution in [0.3, 0.4) is 0 Å². The lowest BCUT2D eigenvalue weighted by atomic mass is 9.98. The van der Waals surface area contributed by atoms with E-state index in [2.05, 4.69) is 15.0 Å². The average molecular weight is 321 g/mol. The third-order valence-corrected chi connectivity index (χ3v) is 4.56. The minimum Gasteiger partial charge on any atom is -0.466 e. The summed E-state index contributed by atoms with van der Waals surface area (Å²) in [4.78, 5) is 19.5. The molecule has 0 amide bonds. The summed E-state index contributed by atoms with van der Waals surface area (Å²) in [5, 5.41) is 6.00. The number of nitrogens with zero attached hydrogens (tertiary/aromatic N) is 3. The van der Waals surface area contributed by atoms with Gasteiger partial charge in [-0.15, -0.1) is 11.3 Å². The lowest BCUT2D eigenvalue weighted by Gasteiger charge is -2.30. The maximum absolute atomic E-state index is 11.9. The van der Waals surface area contributed by atoms with Crippen LogP contribution in [0, 0.1) is 5.92 Å². The first-order valence-electron chi connectivity index (χ1n) is 7.51. The van der Waals surface area contributed by atoms with Gasteiger partial charge >= 0.3 is 5.97 Å². The van der Waals surface area contributed by atoms with Crippen molar-refractivity contribution in [3.8, 4) is 10.7 Å². The Kier molecular flexibility index (Phi) is 4.84. The van der Waals surface area contributed by atoms with Crippen LogP contribution in [0.15, 0.2) is 22.0 Å². The standard InChI is InChI=1S/C15H19N3O3S/c1-2-20-15(19)11-5-3-7-18(9-11)10-13-16-14(17-21-13)12-6-4-8-22-12/h4,6,8,11H,2-3,5,7,9-10H2,1H3/t11-/m1/s1. The van der Waals surface area contributed by atoms with Crippen molar-refractivity contribution in [2.75, 3.05) is 19.7 Å². The molecule has 0 bridgehead atoms. The van der Waals surface area contributed by atoms with Crippen molar-refractivity contribution in [3.05, 3.63) is 23.4 Å². The molecule has 1 aliphatic heterocycles. The Morgan fingerprint density at radius 3 is 3.27 bits per heavy atom. The summed E-state index contributed by atoms with van der Waals surface area (Å²) in [5.74, 6) is 1.07. The van der Waals surface area contributed by atoms with E-state index in [4.69, 9.17) is 9.26 Å². The Bertz CT molecular complexity index is 611. The summed E-state index contributed by atoms with van der Waals surface area (Å²) in [5.41, 5.74) is 0. The van der Waals surface area contributed by atoms with Crippen LogP contribution >= 0.6 is 11.3 Å². The molecule has 0 unspecified atom stereocenters. The number of carbonyl (C=O) groups is 1. The number of hydrogen-bond acceptors (Lipinski definition) is 7. The maximum Gasteiger partial charge on any atom is 0.310 e. The molecule has 0 N–H and O–H groups in total. The highest BCUT2D eigenvalue weighted by molar-refractivity contribution is 7.13. The van der Waals surface area contributed by atoms with Gasteiger partial charge in [-0.3, -0.25) is 9.69 Å². The van der Waals surface area contributed by atoms with Gasteiger partial charge in [0.1, 0.15) is 0 Å². The van der Waals surface area contributed by atoms with Crippen molar-refractivity contribution < 1.29 is 14.1 Å². The number of esters is 1. The second-order valence-electron chi connectivity index (χ2n) is 5.32. The second kappa shape index (κ2) is 7.02. The second-order valence-corrected chi connectivity index (χ2v) is 6.26. The average Bonchev–Trinajstić information content (AvgIpc) is 3.18. The Balaban J connectivity index is 1.60. The van der Waals surface area contributed by atoms with Crippen LogP contribution in [0.1, 0.15) is 25.7 Å². The number of piperidine rings is 1. The molecule has 0 aromatic carbocycles. The van der Waals surface area contributed by atoms with E-state index in [0.717, 1.165) is 24.3 Å². The molecule has 2 aromatic rings. The van der Waals surface area contributed by atoms with Crippen LogP contribution in [0.5, 0.6) is 0 Å². The van der Waals surface area contributed by atoms with Crippen molar-refractivity contribution in [1.29, 1.82) is 0 Å². The number of hydrogen-bond donors (Lipinski definition) is 0. The molecular weight excluding hydrogens is 302 g/mol. The summed E-state index contributed by atoms with van der Waals surface area (Å²) in [6.45, 7) is 4.47. The minimum absolute atomic E-state index is 0.0478. The number of rotatable bonds is 5. The molecule has 0 aliphatic carbocycles. The van der Waals surface area contributed by atoms with E-state index in [0.29, 0.717) is 31.4 Å². The minimum atomic E-state index is -0.1000. The maximum atomic E-state index is 11.9. The van der Waals surface area contributed by atoms with E-state index in [1.807, 2.05) is 24.4 Å². The van der Waals surface area contributed by atoms with Crippen LogP contribution < -0.4 is 0 Å². The zero-order valence-corrected chi connectivity index (χ0v) is 13.3. The highest BCUT2D eigenvalue weighted by Crippen LogP contribution is 2.23. The molecule has 3 heterocycles. The molecule has 1 aliphatic rings. The molecule has 1 atom stereocenters. The van der Waals surface area contributed by atoms with E-state index in [1.54, 1.807) is 11.3 Å². The largest absolute Gasteiger partial charge is 0.466 e. The molecule has 3 rings (SSSR count). The van der Waals surface area contributed by atoms with E-state index in [1.165, 1.54) is 0 Å². The fourth-order valence-electron chi connectivity index (χ4n) is 2.67. The molecule has 1 saturated heterocycles.